The van der Waals surface area contributed by atoms with Crippen molar-refractivity contribution in [3.63, 3.8) is 0 Å². The molecule has 3 aliphatic heterocycles. The number of hydrogen-bond acceptors (Lipinski definition) is 7. The van der Waals surface area contributed by atoms with Crippen LogP contribution in [0.5, 0.6) is 0 Å². The van der Waals surface area contributed by atoms with Gasteiger partial charge in [0.2, 0.25) is 5.60 Å². The molecule has 3 aliphatic rings. The van der Waals surface area contributed by atoms with E-state index >= 15 is 0 Å². The first-order chi connectivity index (χ1) is 12.2. The smallest absolute Gasteiger partial charge is 0.345 e. The van der Waals surface area contributed by atoms with Crippen molar-refractivity contribution in [1.29, 1.82) is 0 Å². The predicted octanol–water partition coefficient (Wildman–Crippen LogP) is 0.0979. The number of ether oxygens (including phenoxy) is 2. The normalized spacial score (nSPS) is 39.6. The summed E-state index contributed by atoms with van der Waals surface area (Å²) in [4.78, 5) is 24.9. The molecule has 8 heteroatoms. The first-order valence-electron chi connectivity index (χ1n) is 8.56. The maximum Gasteiger partial charge on any atom is 0.345 e. The average molecular weight is 365 g/mol. The van der Waals surface area contributed by atoms with Crippen molar-refractivity contribution in [2.45, 2.75) is 37.5 Å². The molecule has 3 rings (SSSR count). The molecule has 0 saturated carbocycles. The van der Waals surface area contributed by atoms with E-state index in [1.165, 1.54) is 6.08 Å². The van der Waals surface area contributed by atoms with Gasteiger partial charge >= 0.3 is 11.9 Å². The van der Waals surface area contributed by atoms with Crippen LogP contribution >= 0.6 is 0 Å². The molecule has 0 aromatic heterocycles. The number of carbonyl (C=O) groups is 2. The summed E-state index contributed by atoms with van der Waals surface area (Å²) in [5.74, 6) is -1.67. The summed E-state index contributed by atoms with van der Waals surface area (Å²) < 4.78 is 10.2. The number of hydroxylamine groups is 3. The number of esters is 2. The van der Waals surface area contributed by atoms with E-state index in [4.69, 9.17) is 9.47 Å². The molecule has 2 saturated heterocycles. The van der Waals surface area contributed by atoms with Crippen molar-refractivity contribution in [2.75, 3.05) is 26.3 Å². The lowest BCUT2D eigenvalue weighted by atomic mass is 9.90. The van der Waals surface area contributed by atoms with Crippen LogP contribution in [0.25, 0.3) is 0 Å². The molecule has 0 aromatic carbocycles. The minimum Gasteiger partial charge on any atom is -0.632 e. The van der Waals surface area contributed by atoms with Crippen LogP contribution in [-0.2, 0) is 19.1 Å². The summed E-state index contributed by atoms with van der Waals surface area (Å²) in [7, 11) is 0. The molecule has 1 unspecified atom stereocenters. The van der Waals surface area contributed by atoms with Crippen LogP contribution in [0.2, 0.25) is 0 Å². The molecular formula is C18H23NO7. The Morgan fingerprint density at radius 1 is 1.50 bits per heavy atom. The predicted molar refractivity (Wildman–Crippen MR) is 90.2 cm³/mol. The largest absolute Gasteiger partial charge is 0.632 e. The third kappa shape index (κ3) is 2.88. The Hall–Kier alpha value is -2.00. The van der Waals surface area contributed by atoms with Crippen molar-refractivity contribution < 1.29 is 33.9 Å². The summed E-state index contributed by atoms with van der Waals surface area (Å²) in [6.07, 6.45) is 2.89. The number of rotatable bonds is 1. The Morgan fingerprint density at radius 2 is 2.23 bits per heavy atom. The Morgan fingerprint density at radius 3 is 2.88 bits per heavy atom. The minimum atomic E-state index is -2.33. The van der Waals surface area contributed by atoms with Crippen LogP contribution in [0, 0.1) is 5.21 Å². The number of aliphatic hydroxyl groups is 2. The van der Waals surface area contributed by atoms with Crippen LogP contribution in [0.4, 0.5) is 0 Å². The van der Waals surface area contributed by atoms with E-state index in [1.807, 2.05) is 0 Å². The van der Waals surface area contributed by atoms with Crippen molar-refractivity contribution in [3.8, 4) is 0 Å². The van der Waals surface area contributed by atoms with Crippen LogP contribution in [0.1, 0.15) is 19.8 Å². The number of aliphatic hydroxyl groups excluding tert-OH is 1. The summed E-state index contributed by atoms with van der Waals surface area (Å²) in [5, 5.41) is 33.0. The molecule has 0 spiro atoms. The lowest BCUT2D eigenvalue weighted by molar-refractivity contribution is -0.877. The van der Waals surface area contributed by atoms with E-state index in [-0.39, 0.29) is 30.7 Å². The summed E-state index contributed by atoms with van der Waals surface area (Å²) in [5.41, 5.74) is -1.63. The number of hydrogen-bond donors (Lipinski definition) is 2. The number of allylic oxidation sites excluding steroid dienone is 1. The molecule has 0 aromatic rings. The molecule has 8 nitrogen and oxygen atoms in total. The fourth-order valence-corrected chi connectivity index (χ4v) is 3.82. The molecule has 3 heterocycles. The van der Waals surface area contributed by atoms with Gasteiger partial charge in [-0.1, -0.05) is 12.7 Å². The monoisotopic (exact) mass is 365 g/mol. The minimum absolute atomic E-state index is 0.0621. The number of cyclic esters (lactones) is 1. The molecule has 2 fully saturated rings. The lowest BCUT2D eigenvalue weighted by Crippen LogP contribution is -2.49. The quantitative estimate of drug-likeness (QED) is 0.222. The van der Waals surface area contributed by atoms with E-state index in [1.54, 1.807) is 13.0 Å². The zero-order chi connectivity index (χ0) is 19.1. The van der Waals surface area contributed by atoms with Gasteiger partial charge in [0.1, 0.15) is 6.61 Å². The highest BCUT2D eigenvalue weighted by molar-refractivity contribution is 5.90. The molecule has 26 heavy (non-hydrogen) atoms. The van der Waals surface area contributed by atoms with Crippen LogP contribution in [0.3, 0.4) is 0 Å². The highest BCUT2D eigenvalue weighted by Gasteiger charge is 2.51. The van der Waals surface area contributed by atoms with Gasteiger partial charge in [-0.3, -0.25) is 0 Å². The Balaban J connectivity index is 1.97. The van der Waals surface area contributed by atoms with E-state index in [9.17, 15) is 25.0 Å². The maximum absolute atomic E-state index is 12.9. The highest BCUT2D eigenvalue weighted by Crippen LogP contribution is 2.39. The van der Waals surface area contributed by atoms with Gasteiger partial charge in [0.05, 0.1) is 19.7 Å². The second-order valence-electron chi connectivity index (χ2n) is 7.00. The van der Waals surface area contributed by atoms with Gasteiger partial charge in [0, 0.05) is 24.0 Å². The fraction of sp³-hybridized carbons (Fsp3) is 0.556. The van der Waals surface area contributed by atoms with Crippen molar-refractivity contribution in [3.05, 3.63) is 40.7 Å². The van der Waals surface area contributed by atoms with Gasteiger partial charge in [0.25, 0.3) is 0 Å². The summed E-state index contributed by atoms with van der Waals surface area (Å²) in [6.45, 7) is 4.67. The van der Waals surface area contributed by atoms with E-state index in [2.05, 4.69) is 6.58 Å². The molecular weight excluding hydrogens is 342 g/mol. The van der Waals surface area contributed by atoms with Gasteiger partial charge in [-0.2, -0.15) is 0 Å². The van der Waals surface area contributed by atoms with Crippen molar-refractivity contribution in [1.82, 2.24) is 0 Å². The third-order valence-electron chi connectivity index (χ3n) is 5.49. The SMILES string of the molecule is C=C1C/C(=C\C)C(=O)O[C@@H]2CC[N+]3([O-])CC=C(COC(=O)[C@@]1(O)CO)[C@H]23. The first-order valence-corrected chi connectivity index (χ1v) is 8.56. The van der Waals surface area contributed by atoms with Crippen LogP contribution in [-0.4, -0.2) is 70.8 Å². The van der Waals surface area contributed by atoms with Crippen LogP contribution in [0.15, 0.2) is 35.5 Å². The zero-order valence-electron chi connectivity index (χ0n) is 14.6. The van der Waals surface area contributed by atoms with E-state index in [0.29, 0.717) is 18.5 Å². The van der Waals surface area contributed by atoms with Crippen molar-refractivity contribution in [2.24, 2.45) is 0 Å². The molecule has 0 aliphatic carbocycles. The second-order valence-corrected chi connectivity index (χ2v) is 7.00. The Kier molecular flexibility index (Phi) is 4.78. The molecule has 0 bridgehead atoms. The van der Waals surface area contributed by atoms with Gasteiger partial charge in [-0.15, -0.1) is 0 Å². The molecule has 0 radical (unpaired) electrons. The number of quaternary nitrogens is 1. The summed E-state index contributed by atoms with van der Waals surface area (Å²) in [6, 6.07) is -0.616. The van der Waals surface area contributed by atoms with Gasteiger partial charge in [-0.05, 0) is 18.6 Å². The number of nitrogens with zero attached hydrogens (tertiary/aromatic N) is 1. The highest BCUT2D eigenvalue weighted by atomic mass is 16.6. The molecule has 2 N–H and O–H groups in total. The van der Waals surface area contributed by atoms with Crippen molar-refractivity contribution >= 4 is 11.9 Å². The number of carbonyl (C=O) groups excluding carboxylic acids is 2. The first kappa shape index (κ1) is 18.8. The molecule has 4 atom stereocenters. The van der Waals surface area contributed by atoms with Gasteiger partial charge in [-0.25, -0.2) is 9.59 Å². The zero-order valence-corrected chi connectivity index (χ0v) is 14.6. The maximum atomic E-state index is 12.9. The Labute approximate surface area is 151 Å². The third-order valence-corrected chi connectivity index (χ3v) is 5.49. The second kappa shape index (κ2) is 6.62. The lowest BCUT2D eigenvalue weighted by Gasteiger charge is -2.40. The Bertz CT molecular complexity index is 712. The topological polar surface area (TPSA) is 116 Å². The van der Waals surface area contributed by atoms with Crippen LogP contribution < -0.4 is 0 Å². The summed E-state index contributed by atoms with van der Waals surface area (Å²) >= 11 is 0. The molecule has 0 amide bonds. The standard InChI is InChI=1S/C18H23NO7/c1-3-12-8-11(2)18(23,10-20)17(22)25-9-13-4-6-19(24)7-5-14(15(13)19)26-16(12)21/h3-4,14-15,20,23H,2,5-10H2,1H3/b12-3+/t14-,15-,18-,19?/m1/s1. The van der Waals surface area contributed by atoms with Gasteiger partial charge in [0.15, 0.2) is 12.1 Å². The average Bonchev–Trinajstić information content (AvgIpc) is 3.11. The van der Waals surface area contributed by atoms with Gasteiger partial charge < -0.3 is 29.5 Å². The van der Waals surface area contributed by atoms with E-state index < -0.39 is 40.9 Å². The van der Waals surface area contributed by atoms with E-state index in [0.717, 1.165) is 0 Å². The fourth-order valence-electron chi connectivity index (χ4n) is 3.82. The molecule has 142 valence electrons.